The lowest BCUT2D eigenvalue weighted by Crippen LogP contribution is -2.42. The molecule has 0 bridgehead atoms. The van der Waals surface area contributed by atoms with Gasteiger partial charge in [0.1, 0.15) is 0 Å². The van der Waals surface area contributed by atoms with E-state index in [2.05, 4.69) is 5.32 Å². The number of carbonyl (C=O) groups is 2. The van der Waals surface area contributed by atoms with Gasteiger partial charge in [0.25, 0.3) is 0 Å². The number of rotatable bonds is 10. The molecule has 112 valence electrons. The van der Waals surface area contributed by atoms with Crippen LogP contribution in [0.1, 0.15) is 45.4 Å². The number of hydrogen-bond donors (Lipinski definition) is 3. The average Bonchev–Trinajstić information content (AvgIpc) is 2.33. The van der Waals surface area contributed by atoms with Crippen molar-refractivity contribution in [2.75, 3.05) is 20.2 Å². The number of amides is 2. The van der Waals surface area contributed by atoms with Gasteiger partial charge in [-0.3, -0.25) is 4.79 Å². The van der Waals surface area contributed by atoms with Gasteiger partial charge < -0.3 is 20.4 Å². The highest BCUT2D eigenvalue weighted by molar-refractivity contribution is 5.74. The Kier molecular flexibility index (Phi) is 9.88. The van der Waals surface area contributed by atoms with Gasteiger partial charge >= 0.3 is 12.0 Å². The largest absolute Gasteiger partial charge is 0.481 e. The van der Waals surface area contributed by atoms with Crippen molar-refractivity contribution in [3.8, 4) is 0 Å². The molecule has 1 atom stereocenters. The summed E-state index contributed by atoms with van der Waals surface area (Å²) in [5.41, 5.74) is 0. The molecule has 0 saturated carbocycles. The third-order valence-electron chi connectivity index (χ3n) is 2.90. The standard InChI is InChI=1S/C13H26N2O4/c1-11(7-6-8-12(17)18)14-13(19)15(2)9-4-3-5-10-16/h11,16H,3-10H2,1-2H3,(H,14,19)(H,17,18). The topological polar surface area (TPSA) is 89.9 Å². The molecule has 0 saturated heterocycles. The summed E-state index contributed by atoms with van der Waals surface area (Å²) in [6, 6.07) is -0.154. The lowest BCUT2D eigenvalue weighted by atomic mass is 10.1. The van der Waals surface area contributed by atoms with E-state index in [0.717, 1.165) is 19.3 Å². The second kappa shape index (κ2) is 10.6. The van der Waals surface area contributed by atoms with Crippen LogP contribution in [0.2, 0.25) is 0 Å². The van der Waals surface area contributed by atoms with Gasteiger partial charge in [0.05, 0.1) is 0 Å². The summed E-state index contributed by atoms with van der Waals surface area (Å²) in [5, 5.41) is 20.0. The van der Waals surface area contributed by atoms with Crippen molar-refractivity contribution in [2.24, 2.45) is 0 Å². The van der Waals surface area contributed by atoms with Crippen molar-refractivity contribution >= 4 is 12.0 Å². The van der Waals surface area contributed by atoms with Gasteiger partial charge in [-0.15, -0.1) is 0 Å². The van der Waals surface area contributed by atoms with Crippen molar-refractivity contribution in [3.05, 3.63) is 0 Å². The summed E-state index contributed by atoms with van der Waals surface area (Å²) in [4.78, 5) is 23.7. The highest BCUT2D eigenvalue weighted by Gasteiger charge is 2.11. The molecule has 6 nitrogen and oxygen atoms in total. The third-order valence-corrected chi connectivity index (χ3v) is 2.90. The summed E-state index contributed by atoms with van der Waals surface area (Å²) < 4.78 is 0. The monoisotopic (exact) mass is 274 g/mol. The van der Waals surface area contributed by atoms with Gasteiger partial charge in [-0.2, -0.15) is 0 Å². The van der Waals surface area contributed by atoms with Crippen LogP contribution in [-0.4, -0.2) is 53.4 Å². The SMILES string of the molecule is CC(CCCC(=O)O)NC(=O)N(C)CCCCCO. The van der Waals surface area contributed by atoms with E-state index in [1.54, 1.807) is 11.9 Å². The van der Waals surface area contributed by atoms with Gasteiger partial charge in [-0.1, -0.05) is 0 Å². The minimum Gasteiger partial charge on any atom is -0.481 e. The number of aliphatic hydroxyl groups excluding tert-OH is 1. The highest BCUT2D eigenvalue weighted by atomic mass is 16.4. The fourth-order valence-corrected chi connectivity index (χ4v) is 1.69. The molecule has 0 fully saturated rings. The summed E-state index contributed by atoms with van der Waals surface area (Å²) in [7, 11) is 1.73. The van der Waals surface area contributed by atoms with Crippen LogP contribution in [-0.2, 0) is 4.79 Å². The first-order valence-corrected chi connectivity index (χ1v) is 6.81. The summed E-state index contributed by atoms with van der Waals surface area (Å²) in [5.74, 6) is -0.806. The van der Waals surface area contributed by atoms with Crippen molar-refractivity contribution in [2.45, 2.75) is 51.5 Å². The molecule has 0 aliphatic rings. The Labute approximate surface area is 114 Å². The van der Waals surface area contributed by atoms with Crippen molar-refractivity contribution in [1.82, 2.24) is 10.2 Å². The van der Waals surface area contributed by atoms with E-state index in [-0.39, 0.29) is 25.1 Å². The molecule has 0 heterocycles. The van der Waals surface area contributed by atoms with Gasteiger partial charge in [0.15, 0.2) is 0 Å². The fraction of sp³-hybridized carbons (Fsp3) is 0.846. The molecule has 0 spiro atoms. The molecule has 0 radical (unpaired) electrons. The Morgan fingerprint density at radius 1 is 1.21 bits per heavy atom. The number of unbranched alkanes of at least 4 members (excludes halogenated alkanes) is 2. The molecule has 0 aromatic rings. The van der Waals surface area contributed by atoms with E-state index in [4.69, 9.17) is 10.2 Å². The van der Waals surface area contributed by atoms with Crippen LogP contribution in [0.4, 0.5) is 4.79 Å². The quantitative estimate of drug-likeness (QED) is 0.526. The van der Waals surface area contributed by atoms with Crippen molar-refractivity contribution in [1.29, 1.82) is 0 Å². The van der Waals surface area contributed by atoms with Crippen molar-refractivity contribution < 1.29 is 19.8 Å². The number of hydrogen-bond acceptors (Lipinski definition) is 3. The van der Waals surface area contributed by atoms with Crippen LogP contribution < -0.4 is 5.32 Å². The molecule has 0 aromatic heterocycles. The highest BCUT2D eigenvalue weighted by Crippen LogP contribution is 2.02. The maximum absolute atomic E-state index is 11.8. The molecule has 0 aliphatic heterocycles. The van der Waals surface area contributed by atoms with E-state index in [1.807, 2.05) is 6.92 Å². The lowest BCUT2D eigenvalue weighted by Gasteiger charge is -2.21. The van der Waals surface area contributed by atoms with E-state index < -0.39 is 5.97 Å². The minimum atomic E-state index is -0.806. The first-order chi connectivity index (χ1) is 8.97. The number of carbonyl (C=O) groups excluding carboxylic acids is 1. The van der Waals surface area contributed by atoms with Crippen LogP contribution >= 0.6 is 0 Å². The number of aliphatic hydroxyl groups is 1. The Hall–Kier alpha value is -1.30. The fourth-order valence-electron chi connectivity index (χ4n) is 1.69. The van der Waals surface area contributed by atoms with Gasteiger partial charge in [0.2, 0.25) is 0 Å². The summed E-state index contributed by atoms with van der Waals surface area (Å²) in [6.07, 6.45) is 3.91. The van der Waals surface area contributed by atoms with Crippen LogP contribution in [0.3, 0.4) is 0 Å². The van der Waals surface area contributed by atoms with Gasteiger partial charge in [0, 0.05) is 32.7 Å². The van der Waals surface area contributed by atoms with Gasteiger partial charge in [-0.05, 0) is 39.0 Å². The number of carboxylic acids is 1. The van der Waals surface area contributed by atoms with Crippen LogP contribution in [0.25, 0.3) is 0 Å². The molecule has 6 heteroatoms. The average molecular weight is 274 g/mol. The van der Waals surface area contributed by atoms with Crippen LogP contribution in [0, 0.1) is 0 Å². The Morgan fingerprint density at radius 2 is 1.89 bits per heavy atom. The van der Waals surface area contributed by atoms with E-state index in [1.165, 1.54) is 0 Å². The Balaban J connectivity index is 3.72. The maximum atomic E-state index is 11.8. The van der Waals surface area contributed by atoms with Gasteiger partial charge in [-0.25, -0.2) is 4.79 Å². The molecule has 0 rings (SSSR count). The summed E-state index contributed by atoms with van der Waals surface area (Å²) in [6.45, 7) is 2.73. The lowest BCUT2D eigenvalue weighted by molar-refractivity contribution is -0.137. The van der Waals surface area contributed by atoms with Crippen LogP contribution in [0.5, 0.6) is 0 Å². The van der Waals surface area contributed by atoms with Crippen LogP contribution in [0.15, 0.2) is 0 Å². The molecular weight excluding hydrogens is 248 g/mol. The van der Waals surface area contributed by atoms with Crippen molar-refractivity contribution in [3.63, 3.8) is 0 Å². The predicted octanol–water partition coefficient (Wildman–Crippen LogP) is 1.43. The van der Waals surface area contributed by atoms with E-state index in [9.17, 15) is 9.59 Å². The number of aliphatic carboxylic acids is 1. The second-order valence-corrected chi connectivity index (χ2v) is 4.84. The normalized spacial score (nSPS) is 11.9. The zero-order valence-corrected chi connectivity index (χ0v) is 11.9. The minimum absolute atomic E-state index is 0.0215. The summed E-state index contributed by atoms with van der Waals surface area (Å²) >= 11 is 0. The zero-order valence-electron chi connectivity index (χ0n) is 11.9. The third kappa shape index (κ3) is 10.3. The molecule has 0 aromatic carbocycles. The van der Waals surface area contributed by atoms with E-state index >= 15 is 0 Å². The predicted molar refractivity (Wildman–Crippen MR) is 73.0 cm³/mol. The van der Waals surface area contributed by atoms with E-state index in [0.29, 0.717) is 19.4 Å². The maximum Gasteiger partial charge on any atom is 0.317 e. The molecule has 2 amide bonds. The number of nitrogens with one attached hydrogen (secondary N) is 1. The molecule has 19 heavy (non-hydrogen) atoms. The first-order valence-electron chi connectivity index (χ1n) is 6.81. The number of carboxylic acid groups (broad SMARTS) is 1. The first kappa shape index (κ1) is 17.7. The Bertz CT molecular complexity index is 271. The molecule has 1 unspecified atom stereocenters. The second-order valence-electron chi connectivity index (χ2n) is 4.84. The smallest absolute Gasteiger partial charge is 0.317 e. The Morgan fingerprint density at radius 3 is 2.47 bits per heavy atom. The molecular formula is C13H26N2O4. The molecule has 0 aliphatic carbocycles. The molecule has 3 N–H and O–H groups in total. The zero-order chi connectivity index (χ0) is 14.7. The number of urea groups is 1. The number of nitrogens with zero attached hydrogens (tertiary/aromatic N) is 1.